The zero-order valence-electron chi connectivity index (χ0n) is 11.0. The smallest absolute Gasteiger partial charge is 0.250 e. The van der Waals surface area contributed by atoms with Crippen LogP contribution in [0, 0.1) is 13.8 Å². The van der Waals surface area contributed by atoms with Crippen molar-refractivity contribution in [2.75, 3.05) is 11.1 Å². The highest BCUT2D eigenvalue weighted by molar-refractivity contribution is 6.02. The number of anilines is 3. The van der Waals surface area contributed by atoms with Crippen molar-refractivity contribution in [2.45, 2.75) is 13.8 Å². The summed E-state index contributed by atoms with van der Waals surface area (Å²) in [5, 5.41) is 3.18. The summed E-state index contributed by atoms with van der Waals surface area (Å²) >= 11 is 0. The number of amides is 1. The molecule has 0 radical (unpaired) electrons. The number of nitrogens with one attached hydrogen (secondary N) is 1. The molecular weight excluding hydrogens is 238 g/mol. The minimum atomic E-state index is -0.501. The summed E-state index contributed by atoms with van der Waals surface area (Å²) < 4.78 is 0. The molecule has 0 atom stereocenters. The number of primary amides is 1. The molecular formula is C15H17N3O. The lowest BCUT2D eigenvalue weighted by Crippen LogP contribution is -2.14. The Hall–Kier alpha value is -2.49. The Labute approximate surface area is 112 Å². The van der Waals surface area contributed by atoms with Crippen molar-refractivity contribution in [3.05, 3.63) is 53.1 Å². The molecule has 0 bridgehead atoms. The molecule has 0 aromatic heterocycles. The summed E-state index contributed by atoms with van der Waals surface area (Å²) in [6, 6.07) is 11.2. The number of carbonyl (C=O) groups is 1. The second-order valence-corrected chi connectivity index (χ2v) is 4.64. The molecule has 2 aromatic carbocycles. The molecule has 0 saturated carbocycles. The summed E-state index contributed by atoms with van der Waals surface area (Å²) in [4.78, 5) is 11.4. The van der Waals surface area contributed by atoms with Gasteiger partial charge in [0.25, 0.3) is 5.91 Å². The van der Waals surface area contributed by atoms with Crippen LogP contribution in [0.5, 0.6) is 0 Å². The Morgan fingerprint density at radius 3 is 2.32 bits per heavy atom. The van der Waals surface area contributed by atoms with E-state index in [2.05, 4.69) is 11.4 Å². The van der Waals surface area contributed by atoms with Crippen LogP contribution in [0.4, 0.5) is 17.1 Å². The van der Waals surface area contributed by atoms with Crippen molar-refractivity contribution in [3.8, 4) is 0 Å². The highest BCUT2D eigenvalue weighted by atomic mass is 16.1. The molecule has 0 fully saturated rings. The van der Waals surface area contributed by atoms with Crippen LogP contribution >= 0.6 is 0 Å². The van der Waals surface area contributed by atoms with Crippen LogP contribution in [0.15, 0.2) is 36.4 Å². The first-order valence-electron chi connectivity index (χ1n) is 6.01. The van der Waals surface area contributed by atoms with Gasteiger partial charge in [0, 0.05) is 5.69 Å². The van der Waals surface area contributed by atoms with Gasteiger partial charge in [0.15, 0.2) is 0 Å². The number of nitrogens with two attached hydrogens (primary N) is 2. The molecule has 0 unspecified atom stereocenters. The Bertz CT molecular complexity index is 615. The first-order chi connectivity index (χ1) is 8.97. The minimum absolute atomic E-state index is 0.388. The summed E-state index contributed by atoms with van der Waals surface area (Å²) in [7, 11) is 0. The summed E-state index contributed by atoms with van der Waals surface area (Å²) in [5.74, 6) is -0.501. The zero-order valence-corrected chi connectivity index (χ0v) is 11.0. The molecule has 4 heteroatoms. The van der Waals surface area contributed by atoms with E-state index in [4.69, 9.17) is 11.5 Å². The molecule has 0 saturated heterocycles. The third-order valence-corrected chi connectivity index (χ3v) is 2.85. The molecule has 1 amide bonds. The summed E-state index contributed by atoms with van der Waals surface area (Å²) in [6.07, 6.45) is 0. The zero-order chi connectivity index (χ0) is 14.0. The number of para-hydroxylation sites is 1. The quantitative estimate of drug-likeness (QED) is 0.737. The normalized spacial score (nSPS) is 10.2. The van der Waals surface area contributed by atoms with Gasteiger partial charge >= 0.3 is 0 Å². The van der Waals surface area contributed by atoms with E-state index in [1.807, 2.05) is 26.0 Å². The van der Waals surface area contributed by atoms with E-state index in [1.54, 1.807) is 18.2 Å². The highest BCUT2D eigenvalue weighted by Crippen LogP contribution is 2.28. The van der Waals surface area contributed by atoms with Gasteiger partial charge < -0.3 is 16.8 Å². The molecule has 0 aliphatic carbocycles. The van der Waals surface area contributed by atoms with Crippen LogP contribution in [0.1, 0.15) is 21.5 Å². The van der Waals surface area contributed by atoms with Gasteiger partial charge in [0.1, 0.15) is 0 Å². The van der Waals surface area contributed by atoms with E-state index >= 15 is 0 Å². The fourth-order valence-electron chi connectivity index (χ4n) is 2.11. The lowest BCUT2D eigenvalue weighted by molar-refractivity contribution is 0.100. The predicted octanol–water partition coefficient (Wildman–Crippen LogP) is 2.73. The standard InChI is InChI=1S/C15H17N3O/c1-9-6-10(2)8-11(7-9)18-14-12(15(17)19)4-3-5-13(14)16/h3-8,18H,16H2,1-2H3,(H2,17,19). The lowest BCUT2D eigenvalue weighted by Gasteiger charge is -2.14. The summed E-state index contributed by atoms with van der Waals surface area (Å²) in [6.45, 7) is 4.03. The lowest BCUT2D eigenvalue weighted by atomic mass is 10.1. The van der Waals surface area contributed by atoms with Gasteiger partial charge in [-0.05, 0) is 49.2 Å². The van der Waals surface area contributed by atoms with E-state index < -0.39 is 5.91 Å². The second-order valence-electron chi connectivity index (χ2n) is 4.64. The Balaban J connectivity index is 2.45. The van der Waals surface area contributed by atoms with Gasteiger partial charge in [-0.15, -0.1) is 0 Å². The van der Waals surface area contributed by atoms with Crippen molar-refractivity contribution >= 4 is 23.0 Å². The number of hydrogen-bond donors (Lipinski definition) is 3. The van der Waals surface area contributed by atoms with Crippen molar-refractivity contribution < 1.29 is 4.79 Å². The Morgan fingerprint density at radius 2 is 1.74 bits per heavy atom. The molecule has 0 aliphatic heterocycles. The number of rotatable bonds is 3. The van der Waals surface area contributed by atoms with E-state index in [0.717, 1.165) is 16.8 Å². The highest BCUT2D eigenvalue weighted by Gasteiger charge is 2.11. The van der Waals surface area contributed by atoms with Crippen molar-refractivity contribution in [2.24, 2.45) is 5.73 Å². The molecule has 98 valence electrons. The van der Waals surface area contributed by atoms with Crippen molar-refractivity contribution in [1.29, 1.82) is 0 Å². The SMILES string of the molecule is Cc1cc(C)cc(Nc2c(N)cccc2C(N)=O)c1. The maximum atomic E-state index is 11.4. The average Bonchev–Trinajstić information content (AvgIpc) is 2.30. The van der Waals surface area contributed by atoms with Crippen molar-refractivity contribution in [1.82, 2.24) is 0 Å². The van der Waals surface area contributed by atoms with Crippen LogP contribution in [0.25, 0.3) is 0 Å². The summed E-state index contributed by atoms with van der Waals surface area (Å²) in [5.41, 5.74) is 15.9. The van der Waals surface area contributed by atoms with E-state index in [-0.39, 0.29) is 0 Å². The van der Waals surface area contributed by atoms with Crippen LogP contribution < -0.4 is 16.8 Å². The monoisotopic (exact) mass is 255 g/mol. The van der Waals surface area contributed by atoms with E-state index in [9.17, 15) is 4.79 Å². The maximum absolute atomic E-state index is 11.4. The fourth-order valence-corrected chi connectivity index (χ4v) is 2.11. The van der Waals surface area contributed by atoms with Crippen molar-refractivity contribution in [3.63, 3.8) is 0 Å². The average molecular weight is 255 g/mol. The van der Waals surface area contributed by atoms with Crippen LogP contribution in [0.2, 0.25) is 0 Å². The number of carbonyl (C=O) groups excluding carboxylic acids is 1. The molecule has 2 aromatic rings. The van der Waals surface area contributed by atoms with Crippen LogP contribution in [-0.4, -0.2) is 5.91 Å². The van der Waals surface area contributed by atoms with Crippen LogP contribution in [0.3, 0.4) is 0 Å². The maximum Gasteiger partial charge on any atom is 0.250 e. The second kappa shape index (κ2) is 5.02. The molecule has 19 heavy (non-hydrogen) atoms. The van der Waals surface area contributed by atoms with E-state index in [0.29, 0.717) is 16.9 Å². The van der Waals surface area contributed by atoms with Crippen LogP contribution in [-0.2, 0) is 0 Å². The molecule has 0 spiro atoms. The number of nitrogen functional groups attached to an aromatic ring is 1. The molecule has 0 aliphatic rings. The number of aryl methyl sites for hydroxylation is 2. The van der Waals surface area contributed by atoms with Gasteiger partial charge in [-0.1, -0.05) is 12.1 Å². The number of benzene rings is 2. The van der Waals surface area contributed by atoms with Gasteiger partial charge in [-0.3, -0.25) is 4.79 Å². The first kappa shape index (κ1) is 13.0. The van der Waals surface area contributed by atoms with Gasteiger partial charge in [-0.25, -0.2) is 0 Å². The van der Waals surface area contributed by atoms with Gasteiger partial charge in [0.2, 0.25) is 0 Å². The first-order valence-corrected chi connectivity index (χ1v) is 6.01. The molecule has 2 rings (SSSR count). The van der Waals surface area contributed by atoms with Gasteiger partial charge in [-0.2, -0.15) is 0 Å². The van der Waals surface area contributed by atoms with E-state index in [1.165, 1.54) is 0 Å². The topological polar surface area (TPSA) is 81.1 Å². The minimum Gasteiger partial charge on any atom is -0.397 e. The predicted molar refractivity (Wildman–Crippen MR) is 78.6 cm³/mol. The Morgan fingerprint density at radius 1 is 1.11 bits per heavy atom. The molecule has 4 nitrogen and oxygen atoms in total. The van der Waals surface area contributed by atoms with Gasteiger partial charge in [0.05, 0.1) is 16.9 Å². The molecule has 0 heterocycles. The Kier molecular flexibility index (Phi) is 3.42. The fraction of sp³-hybridized carbons (Fsp3) is 0.133. The third-order valence-electron chi connectivity index (χ3n) is 2.85. The largest absolute Gasteiger partial charge is 0.397 e. The third kappa shape index (κ3) is 2.85. The number of hydrogen-bond acceptors (Lipinski definition) is 3. The molecule has 5 N–H and O–H groups in total.